The van der Waals surface area contributed by atoms with Gasteiger partial charge >= 0.3 is 0 Å². The van der Waals surface area contributed by atoms with Gasteiger partial charge < -0.3 is 4.40 Å². The molecule has 2 aromatic carbocycles. The van der Waals surface area contributed by atoms with E-state index in [1.165, 1.54) is 22.5 Å². The van der Waals surface area contributed by atoms with E-state index in [4.69, 9.17) is 0 Å². The number of hydrogen-bond donors (Lipinski definition) is 0. The molecule has 0 atom stereocenters. The molecule has 3 aromatic heterocycles. The van der Waals surface area contributed by atoms with Crippen molar-refractivity contribution in [2.24, 2.45) is 0 Å². The third kappa shape index (κ3) is 1.61. The van der Waals surface area contributed by atoms with Crippen LogP contribution in [0.4, 0.5) is 0 Å². The van der Waals surface area contributed by atoms with Crippen LogP contribution < -0.4 is 4.57 Å². The Morgan fingerprint density at radius 1 is 0.920 bits per heavy atom. The van der Waals surface area contributed by atoms with Gasteiger partial charge in [0.2, 0.25) is 5.52 Å². The van der Waals surface area contributed by atoms with Crippen molar-refractivity contribution in [3.05, 3.63) is 84.8 Å². The molecule has 4 heterocycles. The van der Waals surface area contributed by atoms with Gasteiger partial charge in [-0.25, -0.2) is 9.55 Å². The highest BCUT2D eigenvalue weighted by atomic mass is 15.2. The SMILES string of the molecule is c1ccc(-n2c3[n+](c4cn5cccnc5c42)Cc2ccccc2-3)cc1. The summed E-state index contributed by atoms with van der Waals surface area (Å²) in [5, 5.41) is 0. The first kappa shape index (κ1) is 13.0. The van der Waals surface area contributed by atoms with E-state index < -0.39 is 0 Å². The van der Waals surface area contributed by atoms with E-state index >= 15 is 0 Å². The summed E-state index contributed by atoms with van der Waals surface area (Å²) in [5.41, 5.74) is 7.20. The number of hydrogen-bond acceptors (Lipinski definition) is 1. The molecule has 4 heteroatoms. The molecular formula is C21H15N4+. The Balaban J connectivity index is 1.84. The van der Waals surface area contributed by atoms with Crippen molar-refractivity contribution in [2.75, 3.05) is 0 Å². The lowest BCUT2D eigenvalue weighted by Gasteiger charge is -2.02. The van der Waals surface area contributed by atoms with Gasteiger partial charge in [0.1, 0.15) is 12.2 Å². The summed E-state index contributed by atoms with van der Waals surface area (Å²) in [6, 6.07) is 21.2. The smallest absolute Gasteiger partial charge is 0.295 e. The highest BCUT2D eigenvalue weighted by molar-refractivity contribution is 5.92. The molecule has 0 spiro atoms. The maximum absolute atomic E-state index is 4.65. The molecule has 0 bridgehead atoms. The number of imidazole rings is 1. The minimum absolute atomic E-state index is 0.902. The van der Waals surface area contributed by atoms with Crippen LogP contribution in [0, 0.1) is 0 Å². The molecule has 5 aromatic rings. The lowest BCUT2D eigenvalue weighted by Crippen LogP contribution is -2.31. The number of nitrogens with zero attached hydrogens (tertiary/aromatic N) is 4. The first-order valence-electron chi connectivity index (χ1n) is 8.45. The Bertz CT molecular complexity index is 1260. The summed E-state index contributed by atoms with van der Waals surface area (Å²) < 4.78 is 6.87. The Kier molecular flexibility index (Phi) is 2.37. The van der Waals surface area contributed by atoms with Crippen LogP contribution >= 0.6 is 0 Å². The molecule has 0 radical (unpaired) electrons. The Morgan fingerprint density at radius 2 is 1.76 bits per heavy atom. The molecule has 25 heavy (non-hydrogen) atoms. The summed E-state index contributed by atoms with van der Waals surface area (Å²) in [5.74, 6) is 1.24. The van der Waals surface area contributed by atoms with Crippen molar-refractivity contribution in [3.8, 4) is 17.1 Å². The third-order valence-corrected chi connectivity index (χ3v) is 5.07. The fourth-order valence-corrected chi connectivity index (χ4v) is 4.03. The van der Waals surface area contributed by atoms with Crippen molar-refractivity contribution >= 4 is 16.7 Å². The van der Waals surface area contributed by atoms with Gasteiger partial charge in [0.25, 0.3) is 5.82 Å². The van der Waals surface area contributed by atoms with Gasteiger partial charge in [0.15, 0.2) is 11.2 Å². The van der Waals surface area contributed by atoms with Crippen molar-refractivity contribution in [2.45, 2.75) is 6.54 Å². The quantitative estimate of drug-likeness (QED) is 0.425. The van der Waals surface area contributed by atoms with Crippen LogP contribution in [0.15, 0.2) is 79.3 Å². The number of rotatable bonds is 1. The van der Waals surface area contributed by atoms with Crippen LogP contribution in [0.1, 0.15) is 5.56 Å². The van der Waals surface area contributed by atoms with E-state index in [2.05, 4.69) is 85.5 Å². The second kappa shape index (κ2) is 4.57. The molecule has 1 aliphatic rings. The molecule has 0 amide bonds. The molecule has 0 saturated carbocycles. The lowest BCUT2D eigenvalue weighted by molar-refractivity contribution is -0.645. The maximum atomic E-state index is 4.65. The Labute approximate surface area is 144 Å². The zero-order valence-corrected chi connectivity index (χ0v) is 13.5. The largest absolute Gasteiger partial charge is 0.300 e. The van der Waals surface area contributed by atoms with Gasteiger partial charge in [0.05, 0.1) is 11.8 Å². The van der Waals surface area contributed by atoms with Crippen LogP contribution in [0.2, 0.25) is 0 Å². The maximum Gasteiger partial charge on any atom is 0.295 e. The van der Waals surface area contributed by atoms with Gasteiger partial charge in [-0.2, -0.15) is 4.57 Å². The van der Waals surface area contributed by atoms with E-state index in [0.717, 1.165) is 23.4 Å². The first-order valence-corrected chi connectivity index (χ1v) is 8.45. The summed E-state index contributed by atoms with van der Waals surface area (Å²) >= 11 is 0. The lowest BCUT2D eigenvalue weighted by atomic mass is 10.1. The van der Waals surface area contributed by atoms with E-state index in [0.29, 0.717) is 0 Å². The average molecular weight is 323 g/mol. The topological polar surface area (TPSA) is 26.1 Å². The molecule has 4 nitrogen and oxygen atoms in total. The molecule has 1 aliphatic heterocycles. The Morgan fingerprint density at radius 3 is 2.68 bits per heavy atom. The summed E-state index contributed by atoms with van der Waals surface area (Å²) in [6.45, 7) is 0.902. The fraction of sp³-hybridized carbons (Fsp3) is 0.0476. The van der Waals surface area contributed by atoms with Gasteiger partial charge in [-0.3, -0.25) is 0 Å². The van der Waals surface area contributed by atoms with Crippen LogP contribution in [0.25, 0.3) is 33.8 Å². The highest BCUT2D eigenvalue weighted by Crippen LogP contribution is 2.35. The summed E-state index contributed by atoms with van der Waals surface area (Å²) in [6.07, 6.45) is 6.11. The molecule has 118 valence electrons. The predicted octanol–water partition coefficient (Wildman–Crippen LogP) is 3.59. The van der Waals surface area contributed by atoms with Crippen molar-refractivity contribution < 1.29 is 4.57 Å². The van der Waals surface area contributed by atoms with Crippen LogP contribution in [-0.4, -0.2) is 14.0 Å². The Hall–Kier alpha value is -3.40. The number of aromatic nitrogens is 4. The second-order valence-corrected chi connectivity index (χ2v) is 6.45. The molecular weight excluding hydrogens is 308 g/mol. The number of para-hydroxylation sites is 1. The predicted molar refractivity (Wildman–Crippen MR) is 96.8 cm³/mol. The van der Waals surface area contributed by atoms with Crippen LogP contribution in [0.5, 0.6) is 0 Å². The van der Waals surface area contributed by atoms with Crippen molar-refractivity contribution in [1.82, 2.24) is 14.0 Å². The van der Waals surface area contributed by atoms with E-state index in [1.54, 1.807) is 0 Å². The summed E-state index contributed by atoms with van der Waals surface area (Å²) in [4.78, 5) is 4.65. The molecule has 6 rings (SSSR count). The molecule has 0 fully saturated rings. The fourth-order valence-electron chi connectivity index (χ4n) is 4.03. The average Bonchev–Trinajstić information content (AvgIpc) is 3.30. The molecule has 0 N–H and O–H groups in total. The number of benzene rings is 2. The van der Waals surface area contributed by atoms with Gasteiger partial charge in [-0.15, -0.1) is 0 Å². The van der Waals surface area contributed by atoms with Crippen LogP contribution in [0.3, 0.4) is 0 Å². The molecule has 0 unspecified atom stereocenters. The highest BCUT2D eigenvalue weighted by Gasteiger charge is 2.36. The first-order chi connectivity index (χ1) is 12.4. The zero-order valence-electron chi connectivity index (χ0n) is 13.5. The second-order valence-electron chi connectivity index (χ2n) is 6.45. The summed E-state index contributed by atoms with van der Waals surface area (Å²) in [7, 11) is 0. The minimum atomic E-state index is 0.902. The monoisotopic (exact) mass is 323 g/mol. The third-order valence-electron chi connectivity index (χ3n) is 5.07. The molecule has 0 saturated heterocycles. The molecule has 0 aliphatic carbocycles. The minimum Gasteiger partial charge on any atom is -0.300 e. The van der Waals surface area contributed by atoms with E-state index in [-0.39, 0.29) is 0 Å². The van der Waals surface area contributed by atoms with Gasteiger partial charge in [0, 0.05) is 18.0 Å². The zero-order chi connectivity index (χ0) is 16.4. The normalized spacial score (nSPS) is 12.6. The standard InChI is InChI=1S/C21H15N4/c1-2-8-16(9-3-1)25-19-18(14-23-12-6-11-22-20(19)23)24-13-15-7-4-5-10-17(15)21(24)25/h1-12,14H,13H2/q+1. The van der Waals surface area contributed by atoms with Gasteiger partial charge in [-0.1, -0.05) is 36.4 Å². The van der Waals surface area contributed by atoms with Crippen LogP contribution in [-0.2, 0) is 6.54 Å². The van der Waals surface area contributed by atoms with Gasteiger partial charge in [-0.05, 0) is 24.3 Å². The van der Waals surface area contributed by atoms with Crippen molar-refractivity contribution in [1.29, 1.82) is 0 Å². The number of fused-ring (bicyclic) bond motifs is 7. The van der Waals surface area contributed by atoms with E-state index in [1.807, 2.05) is 12.3 Å². The van der Waals surface area contributed by atoms with E-state index in [9.17, 15) is 0 Å². The van der Waals surface area contributed by atoms with Crippen molar-refractivity contribution in [3.63, 3.8) is 0 Å².